The minimum absolute atomic E-state index is 0.0176. The highest BCUT2D eigenvalue weighted by atomic mass is 19.1. The van der Waals surface area contributed by atoms with E-state index in [1.54, 1.807) is 18.3 Å². The van der Waals surface area contributed by atoms with Gasteiger partial charge in [-0.1, -0.05) is 6.07 Å². The number of pyridine rings is 2. The summed E-state index contributed by atoms with van der Waals surface area (Å²) < 4.78 is 27.2. The predicted octanol–water partition coefficient (Wildman–Crippen LogP) is 4.12. The van der Waals surface area contributed by atoms with E-state index in [1.165, 1.54) is 0 Å². The van der Waals surface area contributed by atoms with Gasteiger partial charge in [0.1, 0.15) is 0 Å². The molecule has 4 nitrogen and oxygen atoms in total. The van der Waals surface area contributed by atoms with Crippen LogP contribution in [0.4, 0.5) is 8.78 Å². The summed E-state index contributed by atoms with van der Waals surface area (Å²) in [4.78, 5) is 21.5. The fraction of sp³-hybridized carbons (Fsp3) is 0.190. The predicted molar refractivity (Wildman–Crippen MR) is 95.3 cm³/mol. The van der Waals surface area contributed by atoms with E-state index in [4.69, 9.17) is 0 Å². The number of aromatic nitrogens is 2. The third-order valence-electron chi connectivity index (χ3n) is 4.83. The number of aromatic hydroxyl groups is 1. The van der Waals surface area contributed by atoms with Crippen molar-refractivity contribution < 1.29 is 18.7 Å². The third-order valence-corrected chi connectivity index (χ3v) is 4.83. The first kappa shape index (κ1) is 17.3. The van der Waals surface area contributed by atoms with Crippen molar-refractivity contribution in [2.24, 2.45) is 5.92 Å². The SMILES string of the molecule is O=C1c2ccc(-c3cc(F)c(O)c(F)c3)nc2CCC1Cc1ccccn1. The normalized spacial score (nSPS) is 16.2. The second kappa shape index (κ2) is 6.87. The molecule has 27 heavy (non-hydrogen) atoms. The van der Waals surface area contributed by atoms with Crippen molar-refractivity contribution in [3.8, 4) is 17.0 Å². The van der Waals surface area contributed by atoms with Crippen LogP contribution < -0.4 is 0 Å². The number of benzene rings is 1. The molecule has 3 aromatic rings. The maximum Gasteiger partial charge on any atom is 0.187 e. The fourth-order valence-electron chi connectivity index (χ4n) is 3.42. The molecule has 1 N–H and O–H groups in total. The van der Waals surface area contributed by atoms with Gasteiger partial charge in [0.15, 0.2) is 23.2 Å². The van der Waals surface area contributed by atoms with Crippen molar-refractivity contribution in [2.45, 2.75) is 19.3 Å². The van der Waals surface area contributed by atoms with Crippen molar-refractivity contribution in [3.05, 3.63) is 77.2 Å². The topological polar surface area (TPSA) is 63.1 Å². The summed E-state index contributed by atoms with van der Waals surface area (Å²) in [5, 5.41) is 9.23. The Hall–Kier alpha value is -3.15. The van der Waals surface area contributed by atoms with Crippen LogP contribution >= 0.6 is 0 Å². The zero-order valence-electron chi connectivity index (χ0n) is 14.3. The number of halogens is 2. The minimum atomic E-state index is -1.05. The van der Waals surface area contributed by atoms with E-state index in [-0.39, 0.29) is 17.3 Å². The molecular formula is C21H16F2N2O2. The van der Waals surface area contributed by atoms with Crippen LogP contribution in [-0.2, 0) is 12.8 Å². The van der Waals surface area contributed by atoms with Crippen molar-refractivity contribution in [1.82, 2.24) is 9.97 Å². The van der Waals surface area contributed by atoms with E-state index in [2.05, 4.69) is 9.97 Å². The van der Waals surface area contributed by atoms with E-state index in [1.807, 2.05) is 18.2 Å². The summed E-state index contributed by atoms with van der Waals surface area (Å²) in [6, 6.07) is 10.9. The number of carbonyl (C=O) groups excluding carboxylic acids is 1. The van der Waals surface area contributed by atoms with Crippen molar-refractivity contribution in [3.63, 3.8) is 0 Å². The quantitative estimate of drug-likeness (QED) is 0.758. The molecule has 6 heteroatoms. The molecule has 1 aromatic carbocycles. The molecule has 2 heterocycles. The summed E-state index contributed by atoms with van der Waals surface area (Å²) in [6.45, 7) is 0. The van der Waals surface area contributed by atoms with Crippen molar-refractivity contribution in [1.29, 1.82) is 0 Å². The van der Waals surface area contributed by atoms with Gasteiger partial charge >= 0.3 is 0 Å². The van der Waals surface area contributed by atoms with Gasteiger partial charge in [-0.15, -0.1) is 0 Å². The van der Waals surface area contributed by atoms with Crippen LogP contribution in [0.3, 0.4) is 0 Å². The van der Waals surface area contributed by atoms with E-state index < -0.39 is 17.4 Å². The van der Waals surface area contributed by atoms with Gasteiger partial charge in [0.05, 0.1) is 11.4 Å². The van der Waals surface area contributed by atoms with Crippen LogP contribution in [-0.4, -0.2) is 20.9 Å². The number of rotatable bonds is 3. The van der Waals surface area contributed by atoms with Crippen LogP contribution in [0.15, 0.2) is 48.7 Å². The number of phenolic OH excluding ortho intramolecular Hbond substituents is 1. The molecule has 0 fully saturated rings. The molecule has 0 aliphatic heterocycles. The molecule has 0 amide bonds. The van der Waals surface area contributed by atoms with E-state index in [0.29, 0.717) is 36.2 Å². The number of phenols is 1. The molecule has 0 bridgehead atoms. The summed E-state index contributed by atoms with van der Waals surface area (Å²) in [5.74, 6) is -3.23. The Labute approximate surface area is 154 Å². The van der Waals surface area contributed by atoms with Crippen molar-refractivity contribution in [2.75, 3.05) is 0 Å². The lowest BCUT2D eigenvalue weighted by Crippen LogP contribution is -2.25. The molecule has 1 atom stereocenters. The number of hydrogen-bond donors (Lipinski definition) is 1. The Bertz CT molecular complexity index is 999. The molecule has 2 aromatic heterocycles. The van der Waals surface area contributed by atoms with Crippen LogP contribution in [0.25, 0.3) is 11.3 Å². The molecule has 0 saturated carbocycles. The van der Waals surface area contributed by atoms with Gasteiger partial charge in [0.2, 0.25) is 0 Å². The van der Waals surface area contributed by atoms with Gasteiger partial charge in [-0.3, -0.25) is 14.8 Å². The molecule has 136 valence electrons. The second-order valence-electron chi connectivity index (χ2n) is 6.60. The highest BCUT2D eigenvalue weighted by Gasteiger charge is 2.29. The van der Waals surface area contributed by atoms with Gasteiger partial charge < -0.3 is 5.11 Å². The molecule has 1 aliphatic rings. The zero-order chi connectivity index (χ0) is 19.0. The number of Topliss-reactive ketones (excluding diaryl/α,β-unsaturated/α-hetero) is 1. The average molecular weight is 366 g/mol. The number of hydrogen-bond acceptors (Lipinski definition) is 4. The highest BCUT2D eigenvalue weighted by molar-refractivity contribution is 6.00. The third kappa shape index (κ3) is 3.30. The number of aryl methyl sites for hydroxylation is 1. The number of fused-ring (bicyclic) bond motifs is 1. The number of carbonyl (C=O) groups is 1. The molecule has 4 rings (SSSR count). The van der Waals surface area contributed by atoms with Crippen LogP contribution in [0.5, 0.6) is 5.75 Å². The molecule has 1 unspecified atom stereocenters. The summed E-state index contributed by atoms with van der Waals surface area (Å²) in [5.41, 5.74) is 2.63. The Balaban J connectivity index is 1.62. The van der Waals surface area contributed by atoms with Crippen molar-refractivity contribution >= 4 is 5.78 Å². The maximum atomic E-state index is 13.6. The minimum Gasteiger partial charge on any atom is -0.503 e. The van der Waals surface area contributed by atoms with E-state index >= 15 is 0 Å². The lowest BCUT2D eigenvalue weighted by molar-refractivity contribution is 0.0899. The van der Waals surface area contributed by atoms with E-state index in [9.17, 15) is 18.7 Å². The standard InChI is InChI=1S/C21H16F2N2O2/c22-16-10-13(11-17(23)21(16)27)18-7-5-15-19(25-18)6-4-12(20(15)26)9-14-3-1-2-8-24-14/h1-3,5,7-8,10-12,27H,4,6,9H2. The number of ketones is 1. The second-order valence-corrected chi connectivity index (χ2v) is 6.60. The van der Waals surface area contributed by atoms with Gasteiger partial charge in [-0.25, -0.2) is 8.78 Å². The Kier molecular flexibility index (Phi) is 4.39. The first-order valence-electron chi connectivity index (χ1n) is 8.65. The Morgan fingerprint density at radius 3 is 2.59 bits per heavy atom. The van der Waals surface area contributed by atoms with Crippen LogP contribution in [0, 0.1) is 17.6 Å². The summed E-state index contributed by atoms with van der Waals surface area (Å²) in [6.07, 6.45) is 3.54. The smallest absolute Gasteiger partial charge is 0.187 e. The maximum absolute atomic E-state index is 13.6. The van der Waals surface area contributed by atoms with Gasteiger partial charge in [-0.05, 0) is 55.7 Å². The van der Waals surface area contributed by atoms with Crippen LogP contribution in [0.2, 0.25) is 0 Å². The zero-order valence-corrected chi connectivity index (χ0v) is 14.3. The largest absolute Gasteiger partial charge is 0.503 e. The molecule has 0 radical (unpaired) electrons. The summed E-state index contributed by atoms with van der Waals surface area (Å²) in [7, 11) is 0. The summed E-state index contributed by atoms with van der Waals surface area (Å²) >= 11 is 0. The fourth-order valence-corrected chi connectivity index (χ4v) is 3.42. The molecular weight excluding hydrogens is 350 g/mol. The van der Waals surface area contributed by atoms with Gasteiger partial charge in [-0.2, -0.15) is 0 Å². The molecule has 0 spiro atoms. The van der Waals surface area contributed by atoms with Gasteiger partial charge in [0, 0.05) is 28.9 Å². The monoisotopic (exact) mass is 366 g/mol. The average Bonchev–Trinajstić information content (AvgIpc) is 2.68. The van der Waals surface area contributed by atoms with E-state index in [0.717, 1.165) is 17.8 Å². The van der Waals surface area contributed by atoms with Crippen LogP contribution in [0.1, 0.15) is 28.2 Å². The Morgan fingerprint density at radius 2 is 1.89 bits per heavy atom. The molecule has 1 aliphatic carbocycles. The Morgan fingerprint density at radius 1 is 1.11 bits per heavy atom. The first-order valence-corrected chi connectivity index (χ1v) is 8.65. The molecule has 0 saturated heterocycles. The van der Waals surface area contributed by atoms with Gasteiger partial charge in [0.25, 0.3) is 0 Å². The lowest BCUT2D eigenvalue weighted by atomic mass is 9.82. The lowest BCUT2D eigenvalue weighted by Gasteiger charge is -2.23. The first-order chi connectivity index (χ1) is 13.0. The number of nitrogens with zero attached hydrogens (tertiary/aromatic N) is 2. The highest BCUT2D eigenvalue weighted by Crippen LogP contribution is 2.31.